The molecule has 2 aromatic carbocycles. The molecule has 1 amide bonds. The molecule has 0 fully saturated rings. The summed E-state index contributed by atoms with van der Waals surface area (Å²) >= 11 is 1.30. The lowest BCUT2D eigenvalue weighted by atomic mass is 10.0. The number of benzene rings is 2. The molecule has 0 spiro atoms. The molecule has 0 radical (unpaired) electrons. The Morgan fingerprint density at radius 1 is 0.889 bits per heavy atom. The van der Waals surface area contributed by atoms with E-state index in [2.05, 4.69) is 41.5 Å². The van der Waals surface area contributed by atoms with Crippen molar-refractivity contribution < 1.29 is 4.79 Å². The molecule has 3 aromatic rings. The fraction of sp³-hybridized carbons (Fsp3) is 0.238. The minimum atomic E-state index is -0.298. The second kappa shape index (κ2) is 8.31. The quantitative estimate of drug-likeness (QED) is 0.679. The van der Waals surface area contributed by atoms with Crippen LogP contribution in [0.3, 0.4) is 0 Å². The summed E-state index contributed by atoms with van der Waals surface area (Å²) in [6.45, 7) is 5.93. The van der Waals surface area contributed by atoms with Crippen LogP contribution in [0.5, 0.6) is 0 Å². The maximum absolute atomic E-state index is 11.8. The molecule has 6 heteroatoms. The third-order valence-corrected chi connectivity index (χ3v) is 5.17. The average Bonchev–Trinajstić information content (AvgIpc) is 2.68. The number of amides is 1. The first-order chi connectivity index (χ1) is 13.0. The number of thioether (sulfide) groups is 1. The van der Waals surface area contributed by atoms with Crippen LogP contribution in [0.15, 0.2) is 53.7 Å². The Bertz CT molecular complexity index is 939. The number of aryl methyl sites for hydroxylation is 2. The normalized spacial score (nSPS) is 11.9. The predicted molar refractivity (Wildman–Crippen MR) is 110 cm³/mol. The molecular weight excluding hydrogens is 356 g/mol. The molecule has 27 heavy (non-hydrogen) atoms. The number of aromatic nitrogens is 3. The number of nitrogens with one attached hydrogen (secondary N) is 1. The lowest BCUT2D eigenvalue weighted by Crippen LogP contribution is -2.27. The van der Waals surface area contributed by atoms with Crippen molar-refractivity contribution in [3.8, 4) is 22.5 Å². The summed E-state index contributed by atoms with van der Waals surface area (Å²) in [5.74, 6) is -0.0666. The standard InChI is InChI=1S/C21H22N4OS/c1-13-5-9-16(10-6-13)18-19(17-11-7-14(2)8-12-17)24-25-21(23-18)27-15(3)20(26)22-4/h5-12,15H,1-4H3,(H,22,26). The monoisotopic (exact) mass is 378 g/mol. The van der Waals surface area contributed by atoms with Crippen LogP contribution in [0.25, 0.3) is 22.5 Å². The molecule has 1 N–H and O–H groups in total. The molecule has 138 valence electrons. The highest BCUT2D eigenvalue weighted by Crippen LogP contribution is 2.31. The lowest BCUT2D eigenvalue weighted by molar-refractivity contribution is -0.119. The highest BCUT2D eigenvalue weighted by atomic mass is 32.2. The van der Waals surface area contributed by atoms with Crippen LogP contribution in [0.2, 0.25) is 0 Å². The Morgan fingerprint density at radius 2 is 1.41 bits per heavy atom. The van der Waals surface area contributed by atoms with E-state index >= 15 is 0 Å². The van der Waals surface area contributed by atoms with Gasteiger partial charge in [0.2, 0.25) is 11.1 Å². The summed E-state index contributed by atoms with van der Waals surface area (Å²) < 4.78 is 0. The molecule has 1 heterocycles. The highest BCUT2D eigenvalue weighted by molar-refractivity contribution is 8.00. The van der Waals surface area contributed by atoms with E-state index in [1.165, 1.54) is 22.9 Å². The maximum Gasteiger partial charge on any atom is 0.233 e. The minimum absolute atomic E-state index is 0.0666. The summed E-state index contributed by atoms with van der Waals surface area (Å²) in [7, 11) is 1.62. The fourth-order valence-electron chi connectivity index (χ4n) is 2.59. The highest BCUT2D eigenvalue weighted by Gasteiger charge is 2.18. The van der Waals surface area contributed by atoms with E-state index in [1.54, 1.807) is 7.05 Å². The van der Waals surface area contributed by atoms with E-state index in [4.69, 9.17) is 4.98 Å². The average molecular weight is 379 g/mol. The van der Waals surface area contributed by atoms with Crippen molar-refractivity contribution in [1.29, 1.82) is 0 Å². The predicted octanol–water partition coefficient (Wildman–Crippen LogP) is 4.05. The summed E-state index contributed by atoms with van der Waals surface area (Å²) in [4.78, 5) is 16.6. The first-order valence-corrected chi connectivity index (χ1v) is 9.63. The van der Waals surface area contributed by atoms with Crippen molar-refractivity contribution in [1.82, 2.24) is 20.5 Å². The first-order valence-electron chi connectivity index (χ1n) is 8.75. The second-order valence-corrected chi connectivity index (χ2v) is 7.71. The molecule has 1 unspecified atom stereocenters. The van der Waals surface area contributed by atoms with Gasteiger partial charge in [0.05, 0.1) is 5.25 Å². The molecule has 0 aliphatic rings. The zero-order chi connectivity index (χ0) is 19.4. The lowest BCUT2D eigenvalue weighted by Gasteiger charge is -2.12. The number of rotatable bonds is 5. The molecule has 5 nitrogen and oxygen atoms in total. The molecule has 0 saturated carbocycles. The summed E-state index contributed by atoms with van der Waals surface area (Å²) in [5, 5.41) is 11.5. The smallest absolute Gasteiger partial charge is 0.233 e. The summed E-state index contributed by atoms with van der Waals surface area (Å²) in [6.07, 6.45) is 0. The molecule has 1 aromatic heterocycles. The van der Waals surface area contributed by atoms with Crippen LogP contribution >= 0.6 is 11.8 Å². The van der Waals surface area contributed by atoms with Gasteiger partial charge in [-0.25, -0.2) is 4.98 Å². The number of carbonyl (C=O) groups excluding carboxylic acids is 1. The van der Waals surface area contributed by atoms with Gasteiger partial charge in [0, 0.05) is 18.2 Å². The van der Waals surface area contributed by atoms with Crippen molar-refractivity contribution in [2.24, 2.45) is 0 Å². The summed E-state index contributed by atoms with van der Waals surface area (Å²) in [5.41, 5.74) is 5.80. The number of nitrogens with zero attached hydrogens (tertiary/aromatic N) is 3. The molecule has 3 rings (SSSR count). The van der Waals surface area contributed by atoms with Crippen LogP contribution < -0.4 is 5.32 Å². The molecule has 0 aliphatic carbocycles. The molecule has 0 bridgehead atoms. The Balaban J connectivity index is 2.06. The SMILES string of the molecule is CNC(=O)C(C)Sc1nnc(-c2ccc(C)cc2)c(-c2ccc(C)cc2)n1. The van der Waals surface area contributed by atoms with Crippen molar-refractivity contribution in [3.63, 3.8) is 0 Å². The van der Waals surface area contributed by atoms with Gasteiger partial charge >= 0.3 is 0 Å². The van der Waals surface area contributed by atoms with Gasteiger partial charge in [0.15, 0.2) is 0 Å². The van der Waals surface area contributed by atoms with E-state index < -0.39 is 0 Å². The van der Waals surface area contributed by atoms with Gasteiger partial charge in [-0.15, -0.1) is 10.2 Å². The van der Waals surface area contributed by atoms with E-state index in [0.717, 1.165) is 22.5 Å². The zero-order valence-electron chi connectivity index (χ0n) is 15.9. The second-order valence-electron chi connectivity index (χ2n) is 6.40. The Labute approximate surface area is 163 Å². The van der Waals surface area contributed by atoms with Crippen LogP contribution in [0.4, 0.5) is 0 Å². The Morgan fingerprint density at radius 3 is 1.93 bits per heavy atom. The van der Waals surface area contributed by atoms with Crippen LogP contribution in [-0.2, 0) is 4.79 Å². The number of carbonyl (C=O) groups is 1. The molecule has 1 atom stereocenters. The van der Waals surface area contributed by atoms with Gasteiger partial charge in [-0.2, -0.15) is 0 Å². The van der Waals surface area contributed by atoms with Gasteiger partial charge in [-0.3, -0.25) is 4.79 Å². The molecule has 0 aliphatic heterocycles. The van der Waals surface area contributed by atoms with Crippen molar-refractivity contribution in [3.05, 3.63) is 59.7 Å². The van der Waals surface area contributed by atoms with Gasteiger partial charge in [-0.05, 0) is 20.8 Å². The fourth-order valence-corrected chi connectivity index (χ4v) is 3.37. The van der Waals surface area contributed by atoms with E-state index in [9.17, 15) is 4.79 Å². The third-order valence-electron chi connectivity index (χ3n) is 4.22. The molecular formula is C21H22N4OS. The molecule has 0 saturated heterocycles. The zero-order valence-corrected chi connectivity index (χ0v) is 16.7. The van der Waals surface area contributed by atoms with Crippen LogP contribution in [-0.4, -0.2) is 33.4 Å². The number of hydrogen-bond acceptors (Lipinski definition) is 5. The third kappa shape index (κ3) is 4.52. The van der Waals surface area contributed by atoms with Crippen molar-refractivity contribution in [2.45, 2.75) is 31.2 Å². The summed E-state index contributed by atoms with van der Waals surface area (Å²) in [6, 6.07) is 16.3. The Kier molecular flexibility index (Phi) is 5.86. The van der Waals surface area contributed by atoms with E-state index in [1.807, 2.05) is 43.3 Å². The van der Waals surface area contributed by atoms with Gasteiger partial charge in [0.25, 0.3) is 0 Å². The van der Waals surface area contributed by atoms with Crippen molar-refractivity contribution >= 4 is 17.7 Å². The first kappa shape index (κ1) is 19.0. The van der Waals surface area contributed by atoms with Gasteiger partial charge < -0.3 is 5.32 Å². The van der Waals surface area contributed by atoms with Crippen LogP contribution in [0.1, 0.15) is 18.1 Å². The minimum Gasteiger partial charge on any atom is -0.358 e. The van der Waals surface area contributed by atoms with E-state index in [-0.39, 0.29) is 11.2 Å². The van der Waals surface area contributed by atoms with Crippen LogP contribution in [0, 0.1) is 13.8 Å². The van der Waals surface area contributed by atoms with E-state index in [0.29, 0.717) is 5.16 Å². The van der Waals surface area contributed by atoms with Gasteiger partial charge in [-0.1, -0.05) is 71.4 Å². The topological polar surface area (TPSA) is 67.8 Å². The largest absolute Gasteiger partial charge is 0.358 e. The maximum atomic E-state index is 11.8. The Hall–Kier alpha value is -2.73. The number of hydrogen-bond donors (Lipinski definition) is 1. The van der Waals surface area contributed by atoms with Gasteiger partial charge in [0.1, 0.15) is 11.4 Å². The van der Waals surface area contributed by atoms with Crippen molar-refractivity contribution in [2.75, 3.05) is 7.05 Å².